The van der Waals surface area contributed by atoms with Crippen LogP contribution in [0.5, 0.6) is 0 Å². The molecule has 1 saturated carbocycles. The van der Waals surface area contributed by atoms with E-state index in [1.165, 1.54) is 36.0 Å². The summed E-state index contributed by atoms with van der Waals surface area (Å²) in [5.41, 5.74) is 10.7. The molecule has 2 nitrogen and oxygen atoms in total. The van der Waals surface area contributed by atoms with Gasteiger partial charge in [0.05, 0.1) is 5.60 Å². The molecule has 2 fully saturated rings. The van der Waals surface area contributed by atoms with Gasteiger partial charge in [0.15, 0.2) is 0 Å². The quantitative estimate of drug-likeness (QED) is 0.880. The number of benzene rings is 1. The van der Waals surface area contributed by atoms with Crippen molar-refractivity contribution in [3.63, 3.8) is 0 Å². The second kappa shape index (κ2) is 4.92. The summed E-state index contributed by atoms with van der Waals surface area (Å²) in [6.45, 7) is 5.20. The predicted molar refractivity (Wildman–Crippen MR) is 78.1 cm³/mol. The largest absolute Gasteiger partial charge is 0.375 e. The molecule has 1 spiro atoms. The lowest BCUT2D eigenvalue weighted by Crippen LogP contribution is -2.47. The van der Waals surface area contributed by atoms with Crippen molar-refractivity contribution in [2.24, 2.45) is 11.7 Å². The summed E-state index contributed by atoms with van der Waals surface area (Å²) in [4.78, 5) is 0. The van der Waals surface area contributed by atoms with Gasteiger partial charge in [-0.05, 0) is 57.4 Å². The van der Waals surface area contributed by atoms with Crippen LogP contribution in [0.3, 0.4) is 0 Å². The van der Waals surface area contributed by atoms with Crippen LogP contribution in [0.4, 0.5) is 0 Å². The topological polar surface area (TPSA) is 35.2 Å². The SMILES string of the molecule is Cc1cc(C)cc(C(N)C2CCOC3(CCC3)C2)c1. The van der Waals surface area contributed by atoms with Gasteiger partial charge in [-0.25, -0.2) is 0 Å². The third-order valence-electron chi connectivity index (χ3n) is 4.93. The molecule has 19 heavy (non-hydrogen) atoms. The van der Waals surface area contributed by atoms with Crippen LogP contribution in [0.15, 0.2) is 18.2 Å². The predicted octanol–water partition coefficient (Wildman–Crippen LogP) is 3.65. The van der Waals surface area contributed by atoms with Gasteiger partial charge in [0.25, 0.3) is 0 Å². The highest BCUT2D eigenvalue weighted by atomic mass is 16.5. The molecule has 2 aliphatic rings. The Morgan fingerprint density at radius 3 is 2.47 bits per heavy atom. The number of nitrogens with two attached hydrogens (primary N) is 1. The van der Waals surface area contributed by atoms with Gasteiger partial charge < -0.3 is 10.5 Å². The summed E-state index contributed by atoms with van der Waals surface area (Å²) < 4.78 is 6.01. The third-order valence-corrected chi connectivity index (χ3v) is 4.93. The lowest BCUT2D eigenvalue weighted by Gasteiger charge is -2.48. The van der Waals surface area contributed by atoms with E-state index in [1.54, 1.807) is 0 Å². The molecule has 1 aliphatic carbocycles. The fourth-order valence-corrected chi connectivity index (χ4v) is 3.77. The molecule has 0 amide bonds. The average molecular weight is 259 g/mol. The first kappa shape index (κ1) is 13.1. The van der Waals surface area contributed by atoms with Gasteiger partial charge in [-0.15, -0.1) is 0 Å². The zero-order valence-electron chi connectivity index (χ0n) is 12.1. The molecule has 104 valence electrons. The molecule has 2 heteroatoms. The lowest BCUT2D eigenvalue weighted by molar-refractivity contribution is -0.146. The van der Waals surface area contributed by atoms with Gasteiger partial charge in [0.1, 0.15) is 0 Å². The third kappa shape index (κ3) is 2.56. The molecule has 2 N–H and O–H groups in total. The molecule has 0 bridgehead atoms. The molecule has 1 aliphatic heterocycles. The average Bonchev–Trinajstić information content (AvgIpc) is 2.35. The van der Waals surface area contributed by atoms with Crippen LogP contribution in [-0.4, -0.2) is 12.2 Å². The molecular weight excluding hydrogens is 234 g/mol. The molecule has 2 atom stereocenters. The fourth-order valence-electron chi connectivity index (χ4n) is 3.77. The first-order valence-corrected chi connectivity index (χ1v) is 7.56. The highest BCUT2D eigenvalue weighted by Gasteiger charge is 2.43. The van der Waals surface area contributed by atoms with E-state index in [4.69, 9.17) is 10.5 Å². The minimum absolute atomic E-state index is 0.167. The number of ether oxygens (including phenoxy) is 1. The van der Waals surface area contributed by atoms with Gasteiger partial charge in [-0.2, -0.15) is 0 Å². The summed E-state index contributed by atoms with van der Waals surface area (Å²) in [6, 6.07) is 6.88. The molecule has 3 rings (SSSR count). The van der Waals surface area contributed by atoms with E-state index in [-0.39, 0.29) is 11.6 Å². The molecule has 0 aromatic heterocycles. The monoisotopic (exact) mass is 259 g/mol. The van der Waals surface area contributed by atoms with Gasteiger partial charge in [0, 0.05) is 12.6 Å². The standard InChI is InChI=1S/C17H25NO/c1-12-8-13(2)10-15(9-12)16(18)14-4-7-19-17(11-14)5-3-6-17/h8-10,14,16H,3-7,11,18H2,1-2H3. The Bertz CT molecular complexity index is 444. The van der Waals surface area contributed by atoms with Crippen LogP contribution in [0.25, 0.3) is 0 Å². The van der Waals surface area contributed by atoms with Gasteiger partial charge in [-0.1, -0.05) is 29.3 Å². The first-order valence-electron chi connectivity index (χ1n) is 7.56. The van der Waals surface area contributed by atoms with Gasteiger partial charge in [0.2, 0.25) is 0 Å². The number of hydrogen-bond donors (Lipinski definition) is 1. The Kier molecular flexibility index (Phi) is 3.40. The van der Waals surface area contributed by atoms with Crippen LogP contribution in [0, 0.1) is 19.8 Å². The smallest absolute Gasteiger partial charge is 0.0686 e. The maximum Gasteiger partial charge on any atom is 0.0686 e. The Hall–Kier alpha value is -0.860. The van der Waals surface area contributed by atoms with Crippen molar-refractivity contribution in [2.75, 3.05) is 6.61 Å². The Morgan fingerprint density at radius 2 is 1.89 bits per heavy atom. The van der Waals surface area contributed by atoms with Crippen molar-refractivity contribution in [3.05, 3.63) is 34.9 Å². The molecule has 1 aromatic carbocycles. The number of rotatable bonds is 2. The van der Waals surface area contributed by atoms with Crippen LogP contribution < -0.4 is 5.73 Å². The lowest BCUT2D eigenvalue weighted by atomic mass is 9.70. The molecule has 1 aromatic rings. The summed E-state index contributed by atoms with van der Waals surface area (Å²) in [6.07, 6.45) is 6.06. The maximum atomic E-state index is 6.55. The minimum Gasteiger partial charge on any atom is -0.375 e. The minimum atomic E-state index is 0.167. The van der Waals surface area contributed by atoms with Crippen molar-refractivity contribution in [2.45, 2.75) is 57.6 Å². The van der Waals surface area contributed by atoms with Crippen molar-refractivity contribution in [1.29, 1.82) is 0 Å². The van der Waals surface area contributed by atoms with E-state index >= 15 is 0 Å². The highest BCUT2D eigenvalue weighted by molar-refractivity contribution is 5.31. The second-order valence-electron chi connectivity index (χ2n) is 6.58. The summed E-state index contributed by atoms with van der Waals surface area (Å²) in [7, 11) is 0. The fraction of sp³-hybridized carbons (Fsp3) is 0.647. The molecule has 2 unspecified atom stereocenters. The summed E-state index contributed by atoms with van der Waals surface area (Å²) in [5, 5.41) is 0. The molecule has 1 saturated heterocycles. The first-order chi connectivity index (χ1) is 9.08. The van der Waals surface area contributed by atoms with E-state index in [1.807, 2.05) is 0 Å². The zero-order chi connectivity index (χ0) is 13.5. The van der Waals surface area contributed by atoms with E-state index in [0.717, 1.165) is 19.4 Å². The van der Waals surface area contributed by atoms with Crippen molar-refractivity contribution in [3.8, 4) is 0 Å². The zero-order valence-corrected chi connectivity index (χ0v) is 12.1. The van der Waals surface area contributed by atoms with Gasteiger partial charge >= 0.3 is 0 Å². The van der Waals surface area contributed by atoms with Crippen molar-refractivity contribution >= 4 is 0 Å². The van der Waals surface area contributed by atoms with E-state index in [0.29, 0.717) is 5.92 Å². The van der Waals surface area contributed by atoms with Crippen molar-refractivity contribution in [1.82, 2.24) is 0 Å². The van der Waals surface area contributed by atoms with Crippen LogP contribution in [-0.2, 0) is 4.74 Å². The molecule has 0 radical (unpaired) electrons. The number of hydrogen-bond acceptors (Lipinski definition) is 2. The van der Waals surface area contributed by atoms with E-state index < -0.39 is 0 Å². The second-order valence-corrected chi connectivity index (χ2v) is 6.58. The Morgan fingerprint density at radius 1 is 1.21 bits per heavy atom. The normalized spacial score (nSPS) is 27.0. The summed E-state index contributed by atoms with van der Waals surface area (Å²) in [5.74, 6) is 0.579. The van der Waals surface area contributed by atoms with Crippen LogP contribution >= 0.6 is 0 Å². The summed E-state index contributed by atoms with van der Waals surface area (Å²) >= 11 is 0. The Labute approximate surface area is 116 Å². The molecule has 1 heterocycles. The highest BCUT2D eigenvalue weighted by Crippen LogP contribution is 2.46. The van der Waals surface area contributed by atoms with E-state index in [9.17, 15) is 0 Å². The van der Waals surface area contributed by atoms with E-state index in [2.05, 4.69) is 32.0 Å². The van der Waals surface area contributed by atoms with Crippen LogP contribution in [0.2, 0.25) is 0 Å². The van der Waals surface area contributed by atoms with Crippen molar-refractivity contribution < 1.29 is 4.74 Å². The molecular formula is C17H25NO. The maximum absolute atomic E-state index is 6.55. The van der Waals surface area contributed by atoms with Crippen LogP contribution in [0.1, 0.15) is 54.8 Å². The number of aryl methyl sites for hydroxylation is 2. The van der Waals surface area contributed by atoms with Gasteiger partial charge in [-0.3, -0.25) is 0 Å². The Balaban J connectivity index is 1.77.